The number of nitrogens with zero attached hydrogens (tertiary/aromatic N) is 2. The number of amides is 3. The number of likely N-dealkylation sites (tertiary alicyclic amines) is 1. The lowest BCUT2D eigenvalue weighted by Gasteiger charge is -2.38. The van der Waals surface area contributed by atoms with Gasteiger partial charge < -0.3 is 19.9 Å². The maximum atomic E-state index is 13.0. The molecule has 3 rings (SSSR count). The lowest BCUT2D eigenvalue weighted by molar-refractivity contribution is -0.304. The minimum Gasteiger partial charge on any atom is -0.406 e. The van der Waals surface area contributed by atoms with E-state index in [2.05, 4.69) is 10.1 Å². The zero-order valence-electron chi connectivity index (χ0n) is 19.8. The van der Waals surface area contributed by atoms with Crippen LogP contribution in [-0.4, -0.2) is 54.8 Å². The molecular weight excluding hydrogens is 471 g/mol. The third-order valence-corrected chi connectivity index (χ3v) is 7.06. The Morgan fingerprint density at radius 3 is 2.62 bits per heavy atom. The van der Waals surface area contributed by atoms with Crippen molar-refractivity contribution in [3.8, 4) is 0 Å². The van der Waals surface area contributed by atoms with Crippen LogP contribution >= 0.6 is 11.6 Å². The van der Waals surface area contributed by atoms with Gasteiger partial charge in [-0.3, -0.25) is 4.79 Å². The number of urea groups is 1. The number of ether oxygens (including phenoxy) is 1. The van der Waals surface area contributed by atoms with Crippen LogP contribution in [0.15, 0.2) is 46.4 Å². The Morgan fingerprint density at radius 2 is 2.00 bits per heavy atom. The molecule has 0 saturated carbocycles. The first kappa shape index (κ1) is 26.2. The van der Waals surface area contributed by atoms with Crippen LogP contribution in [0.3, 0.4) is 0 Å². The zero-order valence-corrected chi connectivity index (χ0v) is 20.6. The van der Waals surface area contributed by atoms with Crippen LogP contribution < -0.4 is 5.32 Å². The number of alkyl halides is 3. The van der Waals surface area contributed by atoms with Gasteiger partial charge in [-0.1, -0.05) is 37.6 Å². The summed E-state index contributed by atoms with van der Waals surface area (Å²) in [6, 6.07) is -0.814. The number of halogens is 4. The van der Waals surface area contributed by atoms with E-state index < -0.39 is 17.8 Å². The SMILES string of the molecule is CC1C=CC(OC(F)(F)F)=C(C2(C)CC=C(NC(=O)C3CCCCN3C(=O)N(C)C)C=C2Cl)C1. The minimum atomic E-state index is -4.81. The second-order valence-electron chi connectivity index (χ2n) is 9.49. The molecule has 3 atom stereocenters. The second-order valence-corrected chi connectivity index (χ2v) is 9.90. The molecule has 0 spiro atoms. The van der Waals surface area contributed by atoms with E-state index in [0.29, 0.717) is 42.1 Å². The predicted molar refractivity (Wildman–Crippen MR) is 123 cm³/mol. The summed E-state index contributed by atoms with van der Waals surface area (Å²) in [5.41, 5.74) is 0.0407. The Bertz CT molecular complexity index is 955. The summed E-state index contributed by atoms with van der Waals surface area (Å²) in [7, 11) is 3.29. The van der Waals surface area contributed by atoms with E-state index in [1.54, 1.807) is 44.1 Å². The maximum absolute atomic E-state index is 13.0. The highest BCUT2D eigenvalue weighted by Gasteiger charge is 2.41. The number of rotatable bonds is 4. The molecule has 2 aliphatic carbocycles. The summed E-state index contributed by atoms with van der Waals surface area (Å²) in [6.07, 6.45) is 4.46. The number of hydrogen-bond acceptors (Lipinski definition) is 3. The summed E-state index contributed by atoms with van der Waals surface area (Å²) in [4.78, 5) is 28.5. The molecule has 188 valence electrons. The van der Waals surface area contributed by atoms with Gasteiger partial charge in [0.2, 0.25) is 5.91 Å². The van der Waals surface area contributed by atoms with Crippen molar-refractivity contribution in [1.29, 1.82) is 0 Å². The standard InChI is InChI=1S/C24H31ClF3N3O3/c1-15-8-9-19(34-24(26,27)28)17(13-15)23(2)11-10-16(14-20(23)25)29-21(32)18-7-5-6-12-31(18)22(33)30(3)4/h8-10,14-15,18H,5-7,11-13H2,1-4H3,(H,29,32). The molecule has 0 aromatic rings. The highest BCUT2D eigenvalue weighted by atomic mass is 35.5. The average molecular weight is 502 g/mol. The molecule has 1 heterocycles. The molecule has 6 nitrogen and oxygen atoms in total. The Hall–Kier alpha value is -2.42. The van der Waals surface area contributed by atoms with Crippen LogP contribution in [0.2, 0.25) is 0 Å². The van der Waals surface area contributed by atoms with Gasteiger partial charge in [-0.15, -0.1) is 13.2 Å². The molecule has 10 heteroatoms. The van der Waals surface area contributed by atoms with Crippen molar-refractivity contribution in [2.24, 2.45) is 11.3 Å². The van der Waals surface area contributed by atoms with Crippen molar-refractivity contribution in [3.05, 3.63) is 46.4 Å². The van der Waals surface area contributed by atoms with Gasteiger partial charge in [0.25, 0.3) is 0 Å². The summed E-state index contributed by atoms with van der Waals surface area (Å²) >= 11 is 6.63. The van der Waals surface area contributed by atoms with Gasteiger partial charge in [0.1, 0.15) is 11.8 Å². The molecule has 3 amide bonds. The molecular formula is C24H31ClF3N3O3. The van der Waals surface area contributed by atoms with Crippen LogP contribution in [-0.2, 0) is 9.53 Å². The number of carbonyl (C=O) groups excluding carboxylic acids is 2. The highest BCUT2D eigenvalue weighted by molar-refractivity contribution is 6.30. The average Bonchev–Trinajstić information content (AvgIpc) is 2.76. The Labute approximate surface area is 203 Å². The molecule has 3 aliphatic rings. The van der Waals surface area contributed by atoms with Crippen LogP contribution in [0.1, 0.15) is 46.0 Å². The molecule has 1 fully saturated rings. The summed E-state index contributed by atoms with van der Waals surface area (Å²) in [6.45, 7) is 4.20. The van der Waals surface area contributed by atoms with Gasteiger partial charge in [-0.25, -0.2) is 4.79 Å². The lowest BCUT2D eigenvalue weighted by atomic mass is 9.71. The molecule has 34 heavy (non-hydrogen) atoms. The number of nitrogens with one attached hydrogen (secondary N) is 1. The first-order valence-corrected chi connectivity index (χ1v) is 11.7. The molecule has 3 unspecified atom stereocenters. The first-order chi connectivity index (χ1) is 15.8. The molecule has 1 saturated heterocycles. The van der Waals surface area contributed by atoms with Crippen molar-refractivity contribution in [1.82, 2.24) is 15.1 Å². The van der Waals surface area contributed by atoms with Crippen LogP contribution in [0.5, 0.6) is 0 Å². The van der Waals surface area contributed by atoms with Crippen LogP contribution in [0.25, 0.3) is 0 Å². The molecule has 0 aromatic heterocycles. The van der Waals surface area contributed by atoms with E-state index >= 15 is 0 Å². The molecule has 1 aliphatic heterocycles. The second kappa shape index (κ2) is 10.1. The first-order valence-electron chi connectivity index (χ1n) is 11.4. The Morgan fingerprint density at radius 1 is 1.29 bits per heavy atom. The van der Waals surface area contributed by atoms with Crippen LogP contribution in [0, 0.1) is 11.3 Å². The zero-order chi connectivity index (χ0) is 25.3. The predicted octanol–water partition coefficient (Wildman–Crippen LogP) is 5.44. The number of carbonyl (C=O) groups is 2. The molecule has 0 radical (unpaired) electrons. The quantitative estimate of drug-likeness (QED) is 0.558. The van der Waals surface area contributed by atoms with E-state index in [9.17, 15) is 22.8 Å². The normalized spacial score (nSPS) is 27.7. The van der Waals surface area contributed by atoms with Gasteiger partial charge in [-0.2, -0.15) is 0 Å². The Balaban J connectivity index is 1.79. The summed E-state index contributed by atoms with van der Waals surface area (Å²) in [5, 5.41) is 3.17. The van der Waals surface area contributed by atoms with Crippen molar-refractivity contribution >= 4 is 23.5 Å². The van der Waals surface area contributed by atoms with Crippen molar-refractivity contribution in [2.75, 3.05) is 20.6 Å². The smallest absolute Gasteiger partial charge is 0.406 e. The van der Waals surface area contributed by atoms with E-state index in [-0.39, 0.29) is 23.6 Å². The molecule has 0 aromatic carbocycles. The van der Waals surface area contributed by atoms with E-state index in [4.69, 9.17) is 11.6 Å². The number of hydrogen-bond donors (Lipinski definition) is 1. The van der Waals surface area contributed by atoms with Crippen molar-refractivity contribution in [3.63, 3.8) is 0 Å². The van der Waals surface area contributed by atoms with Crippen molar-refractivity contribution < 1.29 is 27.5 Å². The number of piperidine rings is 1. The van der Waals surface area contributed by atoms with Gasteiger partial charge >= 0.3 is 12.4 Å². The van der Waals surface area contributed by atoms with Gasteiger partial charge in [0.05, 0.1) is 0 Å². The van der Waals surface area contributed by atoms with E-state index in [0.717, 1.165) is 12.8 Å². The van der Waals surface area contributed by atoms with Crippen LogP contribution in [0.4, 0.5) is 18.0 Å². The van der Waals surface area contributed by atoms with Gasteiger partial charge in [-0.05, 0) is 55.7 Å². The van der Waals surface area contributed by atoms with Gasteiger partial charge in [0.15, 0.2) is 0 Å². The highest BCUT2D eigenvalue weighted by Crippen LogP contribution is 2.49. The lowest BCUT2D eigenvalue weighted by Crippen LogP contribution is -2.54. The van der Waals surface area contributed by atoms with E-state index in [1.165, 1.54) is 11.0 Å². The fourth-order valence-corrected chi connectivity index (χ4v) is 4.91. The van der Waals surface area contributed by atoms with Crippen molar-refractivity contribution in [2.45, 2.75) is 58.4 Å². The third-order valence-electron chi connectivity index (χ3n) is 6.53. The largest absolute Gasteiger partial charge is 0.573 e. The Kier molecular flexibility index (Phi) is 7.75. The van der Waals surface area contributed by atoms with Gasteiger partial charge in [0, 0.05) is 36.8 Å². The summed E-state index contributed by atoms with van der Waals surface area (Å²) in [5.74, 6) is -0.506. The fourth-order valence-electron chi connectivity index (χ4n) is 4.60. The molecule has 1 N–H and O–H groups in total. The van der Waals surface area contributed by atoms with E-state index in [1.807, 2.05) is 6.92 Å². The third kappa shape index (κ3) is 5.79. The molecule has 0 bridgehead atoms. The monoisotopic (exact) mass is 501 g/mol. The summed E-state index contributed by atoms with van der Waals surface area (Å²) < 4.78 is 43.3. The number of allylic oxidation sites excluding steroid dienone is 6. The maximum Gasteiger partial charge on any atom is 0.573 e. The topological polar surface area (TPSA) is 61.9 Å². The minimum absolute atomic E-state index is 0.0356. The fraction of sp³-hybridized carbons (Fsp3) is 0.583.